The van der Waals surface area contributed by atoms with Crippen molar-refractivity contribution >= 4 is 10.2 Å². The third kappa shape index (κ3) is 2.99. The van der Waals surface area contributed by atoms with E-state index in [1.54, 1.807) is 11.4 Å². The minimum atomic E-state index is -3.34. The Kier molecular flexibility index (Phi) is 4.24. The SMILES string of the molecule is CC(C)N(C)S(=O)(=O)N1CCC(N)C(C)(C)C1. The quantitative estimate of drug-likeness (QED) is 0.812. The van der Waals surface area contributed by atoms with Crippen molar-refractivity contribution in [2.45, 2.75) is 46.2 Å². The van der Waals surface area contributed by atoms with E-state index in [-0.39, 0.29) is 17.5 Å². The van der Waals surface area contributed by atoms with Crippen LogP contribution in [0.15, 0.2) is 0 Å². The third-order valence-corrected chi connectivity index (χ3v) is 5.81. The summed E-state index contributed by atoms with van der Waals surface area (Å²) in [5.74, 6) is 0. The van der Waals surface area contributed by atoms with Crippen molar-refractivity contribution in [3.8, 4) is 0 Å². The Morgan fingerprint density at radius 2 is 1.94 bits per heavy atom. The number of hydrogen-bond donors (Lipinski definition) is 1. The first-order valence-electron chi connectivity index (χ1n) is 6.07. The summed E-state index contributed by atoms with van der Waals surface area (Å²) in [4.78, 5) is 0. The summed E-state index contributed by atoms with van der Waals surface area (Å²) in [5.41, 5.74) is 5.86. The van der Waals surface area contributed by atoms with Gasteiger partial charge in [-0.2, -0.15) is 17.0 Å². The molecule has 0 spiro atoms. The van der Waals surface area contributed by atoms with Crippen LogP contribution in [-0.2, 0) is 10.2 Å². The van der Waals surface area contributed by atoms with Crippen LogP contribution in [0.2, 0.25) is 0 Å². The van der Waals surface area contributed by atoms with E-state index in [1.165, 1.54) is 4.31 Å². The maximum absolute atomic E-state index is 12.3. The van der Waals surface area contributed by atoms with E-state index in [0.29, 0.717) is 13.1 Å². The second-order valence-electron chi connectivity index (χ2n) is 5.84. The molecule has 1 heterocycles. The molecule has 0 aromatic rings. The minimum Gasteiger partial charge on any atom is -0.327 e. The molecule has 1 unspecified atom stereocenters. The van der Waals surface area contributed by atoms with Gasteiger partial charge in [0.25, 0.3) is 10.2 Å². The lowest BCUT2D eigenvalue weighted by molar-refractivity contribution is 0.148. The maximum Gasteiger partial charge on any atom is 0.281 e. The van der Waals surface area contributed by atoms with Gasteiger partial charge in [0.2, 0.25) is 0 Å². The molecule has 0 radical (unpaired) electrons. The van der Waals surface area contributed by atoms with Crippen molar-refractivity contribution in [2.75, 3.05) is 20.1 Å². The zero-order valence-electron chi connectivity index (χ0n) is 11.5. The lowest BCUT2D eigenvalue weighted by atomic mass is 9.81. The fourth-order valence-corrected chi connectivity index (χ4v) is 3.70. The minimum absolute atomic E-state index is 0.0290. The number of nitrogens with zero attached hydrogens (tertiary/aromatic N) is 2. The van der Waals surface area contributed by atoms with E-state index in [0.717, 1.165) is 6.42 Å². The van der Waals surface area contributed by atoms with Gasteiger partial charge >= 0.3 is 0 Å². The van der Waals surface area contributed by atoms with Gasteiger partial charge in [0, 0.05) is 32.2 Å². The molecule has 0 amide bonds. The average molecular weight is 263 g/mol. The van der Waals surface area contributed by atoms with E-state index in [2.05, 4.69) is 0 Å². The van der Waals surface area contributed by atoms with E-state index < -0.39 is 10.2 Å². The van der Waals surface area contributed by atoms with Crippen molar-refractivity contribution in [2.24, 2.45) is 11.1 Å². The largest absolute Gasteiger partial charge is 0.327 e. The molecule has 1 atom stereocenters. The Bertz CT molecular complexity index is 365. The summed E-state index contributed by atoms with van der Waals surface area (Å²) < 4.78 is 27.6. The molecule has 1 fully saturated rings. The Morgan fingerprint density at radius 3 is 2.35 bits per heavy atom. The zero-order chi connectivity index (χ0) is 13.4. The normalized spacial score (nSPS) is 26.7. The number of rotatable bonds is 3. The Hall–Kier alpha value is -0.170. The average Bonchev–Trinajstić information content (AvgIpc) is 2.20. The number of piperidine rings is 1. The van der Waals surface area contributed by atoms with Crippen LogP contribution in [0.4, 0.5) is 0 Å². The summed E-state index contributed by atoms with van der Waals surface area (Å²) in [6.45, 7) is 8.80. The molecule has 0 aromatic heterocycles. The van der Waals surface area contributed by atoms with Crippen molar-refractivity contribution in [3.63, 3.8) is 0 Å². The lowest BCUT2D eigenvalue weighted by Gasteiger charge is -2.43. The van der Waals surface area contributed by atoms with Crippen LogP contribution in [0, 0.1) is 5.41 Å². The molecule has 1 aliphatic rings. The van der Waals surface area contributed by atoms with Gasteiger partial charge in [0.05, 0.1) is 0 Å². The summed E-state index contributed by atoms with van der Waals surface area (Å²) in [6.07, 6.45) is 0.720. The van der Waals surface area contributed by atoms with Crippen LogP contribution < -0.4 is 5.73 Å². The Labute approximate surface area is 105 Å². The highest BCUT2D eigenvalue weighted by Gasteiger charge is 2.40. The molecule has 2 N–H and O–H groups in total. The molecule has 1 rings (SSSR count). The summed E-state index contributed by atoms with van der Waals surface area (Å²) in [5, 5.41) is 0. The molecule has 5 nitrogen and oxygen atoms in total. The molecule has 0 bridgehead atoms. The molecular formula is C11H25N3O2S. The molecule has 6 heteroatoms. The predicted molar refractivity (Wildman–Crippen MR) is 69.8 cm³/mol. The molecule has 1 aliphatic heterocycles. The molecule has 0 saturated carbocycles. The first kappa shape index (κ1) is 14.9. The highest BCUT2D eigenvalue weighted by molar-refractivity contribution is 7.86. The van der Waals surface area contributed by atoms with Gasteiger partial charge in [-0.3, -0.25) is 0 Å². The predicted octanol–water partition coefficient (Wildman–Crippen LogP) is 0.631. The van der Waals surface area contributed by atoms with Crippen LogP contribution in [0.25, 0.3) is 0 Å². The first-order valence-corrected chi connectivity index (χ1v) is 7.47. The van der Waals surface area contributed by atoms with E-state index in [1.807, 2.05) is 27.7 Å². The molecule has 17 heavy (non-hydrogen) atoms. The number of nitrogens with two attached hydrogens (primary N) is 1. The monoisotopic (exact) mass is 263 g/mol. The molecule has 1 saturated heterocycles. The fraction of sp³-hybridized carbons (Fsp3) is 1.00. The van der Waals surface area contributed by atoms with Gasteiger partial charge in [0.1, 0.15) is 0 Å². The first-order chi connectivity index (χ1) is 7.59. The highest BCUT2D eigenvalue weighted by Crippen LogP contribution is 2.30. The Morgan fingerprint density at radius 1 is 1.41 bits per heavy atom. The van der Waals surface area contributed by atoms with Gasteiger partial charge in [-0.15, -0.1) is 0 Å². The second-order valence-corrected chi connectivity index (χ2v) is 7.82. The van der Waals surface area contributed by atoms with Gasteiger partial charge in [-0.25, -0.2) is 0 Å². The topological polar surface area (TPSA) is 66.6 Å². The smallest absolute Gasteiger partial charge is 0.281 e. The number of hydrogen-bond acceptors (Lipinski definition) is 3. The van der Waals surface area contributed by atoms with Crippen LogP contribution in [-0.4, -0.2) is 49.2 Å². The lowest BCUT2D eigenvalue weighted by Crippen LogP contribution is -2.56. The highest BCUT2D eigenvalue weighted by atomic mass is 32.2. The summed E-state index contributed by atoms with van der Waals surface area (Å²) >= 11 is 0. The van der Waals surface area contributed by atoms with Crippen LogP contribution >= 0.6 is 0 Å². The fourth-order valence-electron chi connectivity index (χ4n) is 1.97. The summed E-state index contributed by atoms with van der Waals surface area (Å²) in [6, 6.07) is 0.0389. The van der Waals surface area contributed by atoms with Gasteiger partial charge in [0.15, 0.2) is 0 Å². The van der Waals surface area contributed by atoms with Gasteiger partial charge < -0.3 is 5.73 Å². The van der Waals surface area contributed by atoms with Crippen LogP contribution in [0.1, 0.15) is 34.1 Å². The van der Waals surface area contributed by atoms with Crippen molar-refractivity contribution < 1.29 is 8.42 Å². The summed E-state index contributed by atoms with van der Waals surface area (Å²) in [7, 11) is -1.72. The molecule has 0 aliphatic carbocycles. The third-order valence-electron chi connectivity index (χ3n) is 3.69. The molecule has 102 valence electrons. The van der Waals surface area contributed by atoms with Crippen molar-refractivity contribution in [3.05, 3.63) is 0 Å². The zero-order valence-corrected chi connectivity index (χ0v) is 12.3. The molecular weight excluding hydrogens is 238 g/mol. The van der Waals surface area contributed by atoms with E-state index >= 15 is 0 Å². The Balaban J connectivity index is 2.88. The van der Waals surface area contributed by atoms with Crippen molar-refractivity contribution in [1.82, 2.24) is 8.61 Å². The van der Waals surface area contributed by atoms with Crippen molar-refractivity contribution in [1.29, 1.82) is 0 Å². The second kappa shape index (κ2) is 4.84. The van der Waals surface area contributed by atoms with Crippen LogP contribution in [0.3, 0.4) is 0 Å². The van der Waals surface area contributed by atoms with Gasteiger partial charge in [-0.1, -0.05) is 13.8 Å². The van der Waals surface area contributed by atoms with E-state index in [9.17, 15) is 8.42 Å². The maximum atomic E-state index is 12.3. The van der Waals surface area contributed by atoms with E-state index in [4.69, 9.17) is 5.73 Å². The van der Waals surface area contributed by atoms with Gasteiger partial charge in [-0.05, 0) is 25.7 Å². The van der Waals surface area contributed by atoms with Crippen LogP contribution in [0.5, 0.6) is 0 Å². The standard InChI is InChI=1S/C11H25N3O2S/c1-9(2)13(5)17(15,16)14-7-6-10(12)11(3,4)8-14/h9-10H,6-8,12H2,1-5H3. The molecule has 0 aromatic carbocycles.